The summed E-state index contributed by atoms with van der Waals surface area (Å²) < 4.78 is 0. The monoisotopic (exact) mass is 222 g/mol. The van der Waals surface area contributed by atoms with Crippen LogP contribution >= 0.6 is 0 Å². The molecular formula is C14H26N2. The molecule has 2 nitrogen and oxygen atoms in total. The highest BCUT2D eigenvalue weighted by atomic mass is 15.0. The molecule has 0 aromatic heterocycles. The maximum absolute atomic E-state index is 9.10. The molecule has 92 valence electrons. The van der Waals surface area contributed by atoms with Crippen LogP contribution in [-0.4, -0.2) is 12.1 Å². The van der Waals surface area contributed by atoms with Crippen molar-refractivity contribution in [3.05, 3.63) is 0 Å². The summed E-state index contributed by atoms with van der Waals surface area (Å²) >= 11 is 0. The van der Waals surface area contributed by atoms with Gasteiger partial charge in [-0.2, -0.15) is 5.26 Å². The van der Waals surface area contributed by atoms with Gasteiger partial charge in [-0.3, -0.25) is 0 Å². The van der Waals surface area contributed by atoms with E-state index in [0.29, 0.717) is 12.1 Å². The van der Waals surface area contributed by atoms with Gasteiger partial charge < -0.3 is 5.32 Å². The average molecular weight is 222 g/mol. The van der Waals surface area contributed by atoms with Gasteiger partial charge in [0, 0.05) is 12.1 Å². The number of nitriles is 1. The second-order valence-corrected chi connectivity index (χ2v) is 5.67. The van der Waals surface area contributed by atoms with E-state index in [1.165, 1.54) is 32.1 Å². The predicted molar refractivity (Wildman–Crippen MR) is 68.0 cm³/mol. The van der Waals surface area contributed by atoms with Crippen LogP contribution in [0.5, 0.6) is 0 Å². The Labute approximate surface area is 100 Å². The Bertz CT molecular complexity index is 229. The Hall–Kier alpha value is -0.550. The Morgan fingerprint density at radius 1 is 1.19 bits per heavy atom. The zero-order chi connectivity index (χ0) is 12.0. The summed E-state index contributed by atoms with van der Waals surface area (Å²) in [4.78, 5) is 0. The van der Waals surface area contributed by atoms with E-state index in [0.717, 1.165) is 12.3 Å². The summed E-state index contributed by atoms with van der Waals surface area (Å²) in [5.41, 5.74) is 0. The van der Waals surface area contributed by atoms with Gasteiger partial charge in [0.15, 0.2) is 0 Å². The van der Waals surface area contributed by atoms with Crippen LogP contribution in [-0.2, 0) is 0 Å². The van der Waals surface area contributed by atoms with Gasteiger partial charge in [0.1, 0.15) is 0 Å². The molecule has 1 saturated carbocycles. The van der Waals surface area contributed by atoms with Crippen LogP contribution in [0.15, 0.2) is 0 Å². The summed E-state index contributed by atoms with van der Waals surface area (Å²) in [6.07, 6.45) is 7.29. The third-order valence-electron chi connectivity index (χ3n) is 3.61. The zero-order valence-corrected chi connectivity index (χ0v) is 11.0. The van der Waals surface area contributed by atoms with Crippen LogP contribution in [0.3, 0.4) is 0 Å². The second-order valence-electron chi connectivity index (χ2n) is 5.67. The standard InChI is InChI=1S/C14H26N2/c1-11(2)8-9-12(3)16-14-7-5-4-6-13(14)10-15/h11-14,16H,4-9H2,1-3H3. The highest BCUT2D eigenvalue weighted by Gasteiger charge is 2.25. The van der Waals surface area contributed by atoms with Crippen LogP contribution in [0.25, 0.3) is 0 Å². The number of rotatable bonds is 5. The number of hydrogen-bond acceptors (Lipinski definition) is 2. The first-order chi connectivity index (χ1) is 7.63. The molecule has 1 rings (SSSR count). The lowest BCUT2D eigenvalue weighted by molar-refractivity contribution is 0.281. The number of nitrogens with one attached hydrogen (secondary N) is 1. The van der Waals surface area contributed by atoms with Crippen molar-refractivity contribution < 1.29 is 0 Å². The highest BCUT2D eigenvalue weighted by Crippen LogP contribution is 2.24. The molecule has 0 bridgehead atoms. The maximum Gasteiger partial charge on any atom is 0.0672 e. The Kier molecular flexibility index (Phi) is 5.84. The van der Waals surface area contributed by atoms with Crippen LogP contribution in [0.4, 0.5) is 0 Å². The second kappa shape index (κ2) is 6.91. The lowest BCUT2D eigenvalue weighted by Gasteiger charge is -2.30. The van der Waals surface area contributed by atoms with Crippen molar-refractivity contribution in [1.29, 1.82) is 5.26 Å². The van der Waals surface area contributed by atoms with Gasteiger partial charge in [-0.15, -0.1) is 0 Å². The van der Waals surface area contributed by atoms with Crippen LogP contribution in [0.1, 0.15) is 59.3 Å². The maximum atomic E-state index is 9.10. The van der Waals surface area contributed by atoms with Crippen molar-refractivity contribution in [2.45, 2.75) is 71.4 Å². The van der Waals surface area contributed by atoms with E-state index in [1.54, 1.807) is 0 Å². The van der Waals surface area contributed by atoms with E-state index in [9.17, 15) is 0 Å². The summed E-state index contributed by atoms with van der Waals surface area (Å²) in [5.74, 6) is 1.03. The third kappa shape index (κ3) is 4.53. The minimum absolute atomic E-state index is 0.246. The Balaban J connectivity index is 2.31. The molecule has 2 heteroatoms. The molecule has 0 spiro atoms. The molecule has 3 atom stereocenters. The molecule has 1 aliphatic rings. The van der Waals surface area contributed by atoms with Gasteiger partial charge in [-0.1, -0.05) is 26.7 Å². The molecule has 16 heavy (non-hydrogen) atoms. The van der Waals surface area contributed by atoms with E-state index in [-0.39, 0.29) is 5.92 Å². The molecule has 0 radical (unpaired) electrons. The minimum Gasteiger partial charge on any atom is -0.310 e. The number of hydrogen-bond donors (Lipinski definition) is 1. The van der Waals surface area contributed by atoms with Crippen molar-refractivity contribution in [3.8, 4) is 6.07 Å². The first kappa shape index (κ1) is 13.5. The van der Waals surface area contributed by atoms with E-state index < -0.39 is 0 Å². The molecule has 0 aliphatic heterocycles. The van der Waals surface area contributed by atoms with E-state index in [2.05, 4.69) is 32.2 Å². The van der Waals surface area contributed by atoms with Gasteiger partial charge in [0.05, 0.1) is 12.0 Å². The first-order valence-corrected chi connectivity index (χ1v) is 6.79. The molecule has 0 aromatic carbocycles. The van der Waals surface area contributed by atoms with Gasteiger partial charge >= 0.3 is 0 Å². The van der Waals surface area contributed by atoms with Crippen molar-refractivity contribution in [2.24, 2.45) is 11.8 Å². The molecular weight excluding hydrogens is 196 g/mol. The smallest absolute Gasteiger partial charge is 0.0672 e. The van der Waals surface area contributed by atoms with Crippen LogP contribution in [0, 0.1) is 23.2 Å². The largest absolute Gasteiger partial charge is 0.310 e. The summed E-state index contributed by atoms with van der Waals surface area (Å²) in [6.45, 7) is 6.79. The molecule has 0 saturated heterocycles. The lowest BCUT2D eigenvalue weighted by Crippen LogP contribution is -2.42. The van der Waals surface area contributed by atoms with Gasteiger partial charge in [0.2, 0.25) is 0 Å². The fraction of sp³-hybridized carbons (Fsp3) is 0.929. The molecule has 0 aromatic rings. The van der Waals surface area contributed by atoms with Crippen molar-refractivity contribution >= 4 is 0 Å². The summed E-state index contributed by atoms with van der Waals surface area (Å²) in [6, 6.07) is 3.46. The quantitative estimate of drug-likeness (QED) is 0.773. The molecule has 1 aliphatic carbocycles. The predicted octanol–water partition coefficient (Wildman–Crippen LogP) is 3.48. The molecule has 1 N–H and O–H groups in total. The Morgan fingerprint density at radius 2 is 1.88 bits per heavy atom. The fourth-order valence-corrected chi connectivity index (χ4v) is 2.52. The fourth-order valence-electron chi connectivity index (χ4n) is 2.52. The van der Waals surface area contributed by atoms with Gasteiger partial charge in [-0.25, -0.2) is 0 Å². The average Bonchev–Trinajstić information content (AvgIpc) is 2.27. The van der Waals surface area contributed by atoms with E-state index >= 15 is 0 Å². The molecule has 0 amide bonds. The van der Waals surface area contributed by atoms with E-state index in [1.807, 2.05) is 0 Å². The normalized spacial score (nSPS) is 27.7. The third-order valence-corrected chi connectivity index (χ3v) is 3.61. The van der Waals surface area contributed by atoms with Crippen LogP contribution in [0.2, 0.25) is 0 Å². The topological polar surface area (TPSA) is 35.8 Å². The highest BCUT2D eigenvalue weighted by molar-refractivity contribution is 4.95. The molecule has 1 fully saturated rings. The summed E-state index contributed by atoms with van der Waals surface area (Å²) in [5, 5.41) is 12.8. The van der Waals surface area contributed by atoms with Gasteiger partial charge in [0.25, 0.3) is 0 Å². The molecule has 3 unspecified atom stereocenters. The number of nitrogens with zero attached hydrogens (tertiary/aromatic N) is 1. The van der Waals surface area contributed by atoms with E-state index in [4.69, 9.17) is 5.26 Å². The van der Waals surface area contributed by atoms with Crippen molar-refractivity contribution in [2.75, 3.05) is 0 Å². The minimum atomic E-state index is 0.246. The van der Waals surface area contributed by atoms with Crippen LogP contribution < -0.4 is 5.32 Å². The van der Waals surface area contributed by atoms with Gasteiger partial charge in [-0.05, 0) is 38.5 Å². The molecule has 0 heterocycles. The van der Waals surface area contributed by atoms with Crippen molar-refractivity contribution in [3.63, 3.8) is 0 Å². The lowest BCUT2D eigenvalue weighted by atomic mass is 9.85. The Morgan fingerprint density at radius 3 is 2.50 bits per heavy atom. The zero-order valence-electron chi connectivity index (χ0n) is 11.0. The SMILES string of the molecule is CC(C)CCC(C)NC1CCCCC1C#N. The summed E-state index contributed by atoms with van der Waals surface area (Å²) in [7, 11) is 0. The van der Waals surface area contributed by atoms with Crippen molar-refractivity contribution in [1.82, 2.24) is 5.32 Å². The first-order valence-electron chi connectivity index (χ1n) is 6.79.